The average molecular weight is 332 g/mol. The van der Waals surface area contributed by atoms with Gasteiger partial charge in [0, 0.05) is 4.57 Å². The Balaban J connectivity index is 1.57. The molecule has 0 radical (unpaired) electrons. The van der Waals surface area contributed by atoms with Gasteiger partial charge in [-0.15, -0.1) is 9.05 Å². The Hall–Kier alpha value is -1.52. The molecule has 12 heteroatoms. The van der Waals surface area contributed by atoms with Crippen molar-refractivity contribution in [3.8, 4) is 0 Å². The molecule has 4 unspecified atom stereocenters. The summed E-state index contributed by atoms with van der Waals surface area (Å²) in [5.41, 5.74) is 5.64. The summed E-state index contributed by atoms with van der Waals surface area (Å²) in [7, 11) is -2.28. The van der Waals surface area contributed by atoms with Gasteiger partial charge in [0.2, 0.25) is 0 Å². The highest BCUT2D eigenvalue weighted by molar-refractivity contribution is 7.33. The number of fused-ring (bicyclic) bond motifs is 2. The second-order valence-corrected chi connectivity index (χ2v) is 6.07. The number of hydrogen-bond donors (Lipinski definition) is 2. The smallest absolute Gasteiger partial charge is 0.385 e. The zero-order chi connectivity index (χ0) is 15.4. The Morgan fingerprint density at radius 1 is 1.55 bits per heavy atom. The van der Waals surface area contributed by atoms with E-state index >= 15 is 0 Å². The van der Waals surface area contributed by atoms with E-state index in [0.717, 1.165) is 0 Å². The average Bonchev–Trinajstić information content (AvgIpc) is 3.01. The summed E-state index contributed by atoms with van der Waals surface area (Å²) >= 11 is 0. The molecule has 0 saturated carbocycles. The summed E-state index contributed by atoms with van der Waals surface area (Å²) < 4.78 is 40.3. The van der Waals surface area contributed by atoms with Crippen LogP contribution in [0.4, 0.5) is 4.39 Å². The first kappa shape index (κ1) is 14.1. The van der Waals surface area contributed by atoms with Gasteiger partial charge < -0.3 is 20.5 Å². The molecule has 0 amide bonds. The van der Waals surface area contributed by atoms with Gasteiger partial charge in [0.15, 0.2) is 18.5 Å². The molecule has 22 heavy (non-hydrogen) atoms. The van der Waals surface area contributed by atoms with E-state index in [1.165, 1.54) is 11.2 Å². The van der Waals surface area contributed by atoms with Gasteiger partial charge in [-0.1, -0.05) is 0 Å². The van der Waals surface area contributed by atoms with Crippen molar-refractivity contribution in [2.45, 2.75) is 36.7 Å². The van der Waals surface area contributed by atoms with Crippen LogP contribution in [-0.2, 0) is 18.3 Å². The molecule has 4 rings (SSSR count). The van der Waals surface area contributed by atoms with Gasteiger partial charge in [-0.05, 0) is 0 Å². The first-order valence-corrected chi connectivity index (χ1v) is 7.63. The lowest BCUT2D eigenvalue weighted by Crippen LogP contribution is -2.51. The summed E-state index contributed by atoms with van der Waals surface area (Å²) in [6.45, 7) is 0.0355. The fourth-order valence-electron chi connectivity index (χ4n) is 2.84. The lowest BCUT2D eigenvalue weighted by molar-refractivity contribution is -0.0786. The van der Waals surface area contributed by atoms with Crippen LogP contribution in [0, 0.1) is 0 Å². The molecule has 0 bridgehead atoms. The van der Waals surface area contributed by atoms with E-state index in [0.29, 0.717) is 0 Å². The first-order valence-electron chi connectivity index (χ1n) is 6.53. The fraction of sp³-hybridized carbons (Fsp3) is 0.700. The molecule has 0 aromatic rings. The maximum Gasteiger partial charge on any atom is 0.697 e. The Kier molecular flexibility index (Phi) is 3.20. The third-order valence-corrected chi connectivity index (χ3v) is 4.64. The van der Waals surface area contributed by atoms with Crippen molar-refractivity contribution in [2.24, 2.45) is 20.7 Å². The maximum absolute atomic E-state index is 13.4. The summed E-state index contributed by atoms with van der Waals surface area (Å²) in [6.07, 6.45) is -3.74. The van der Waals surface area contributed by atoms with Crippen molar-refractivity contribution in [3.05, 3.63) is 0 Å². The Bertz CT molecular complexity index is 615. The minimum absolute atomic E-state index is 0.00353. The van der Waals surface area contributed by atoms with Gasteiger partial charge in [0.1, 0.15) is 30.7 Å². The second kappa shape index (κ2) is 5.00. The Labute approximate surface area is 124 Å². The monoisotopic (exact) mass is 332 g/mol. The van der Waals surface area contributed by atoms with Crippen LogP contribution in [0.1, 0.15) is 0 Å². The van der Waals surface area contributed by atoms with Crippen LogP contribution in [0.15, 0.2) is 15.0 Å². The zero-order valence-corrected chi connectivity index (χ0v) is 11.9. The van der Waals surface area contributed by atoms with Crippen LogP contribution in [0.3, 0.4) is 0 Å². The van der Waals surface area contributed by atoms with Crippen LogP contribution in [-0.4, -0.2) is 71.6 Å². The largest absolute Gasteiger partial charge is 0.697 e. The number of hydrogen-bond acceptors (Lipinski definition) is 10. The Morgan fingerprint density at radius 2 is 2.36 bits per heavy atom. The highest BCUT2D eigenvalue weighted by Gasteiger charge is 2.57. The molecule has 118 valence electrons. The van der Waals surface area contributed by atoms with Crippen molar-refractivity contribution in [2.75, 3.05) is 6.61 Å². The van der Waals surface area contributed by atoms with E-state index in [9.17, 15) is 14.1 Å². The van der Waals surface area contributed by atoms with E-state index in [4.69, 9.17) is 19.5 Å². The highest BCUT2D eigenvalue weighted by Crippen LogP contribution is 2.41. The molecule has 0 aromatic heterocycles. The van der Waals surface area contributed by atoms with Crippen molar-refractivity contribution in [3.63, 3.8) is 0 Å². The van der Waals surface area contributed by atoms with Gasteiger partial charge in [0.05, 0.1) is 6.34 Å². The molecular weight excluding hydrogens is 320 g/mol. The topological polar surface area (TPSA) is 131 Å². The van der Waals surface area contributed by atoms with E-state index in [1.54, 1.807) is 0 Å². The van der Waals surface area contributed by atoms with Gasteiger partial charge in [0.25, 0.3) is 0 Å². The van der Waals surface area contributed by atoms with Crippen LogP contribution in [0.2, 0.25) is 0 Å². The van der Waals surface area contributed by atoms with Gasteiger partial charge in [-0.2, -0.15) is 9.38 Å². The number of nitrogens with two attached hydrogens (primary N) is 1. The molecule has 4 aliphatic heterocycles. The molecular formula is C10H12FN5O5P+. The minimum Gasteiger partial charge on any atom is -0.385 e. The quantitative estimate of drug-likeness (QED) is 0.459. The predicted molar refractivity (Wildman–Crippen MR) is 71.2 cm³/mol. The zero-order valence-electron chi connectivity index (χ0n) is 11.0. The number of aliphatic hydroxyl groups excluding tert-OH is 1. The molecule has 3 N–H and O–H groups in total. The molecule has 10 nitrogen and oxygen atoms in total. The van der Waals surface area contributed by atoms with Crippen molar-refractivity contribution < 1.29 is 27.8 Å². The number of halogens is 1. The fourth-order valence-corrected chi connectivity index (χ4v) is 3.63. The van der Waals surface area contributed by atoms with E-state index in [-0.39, 0.29) is 12.4 Å². The summed E-state index contributed by atoms with van der Waals surface area (Å²) in [4.78, 5) is 12.8. The summed E-state index contributed by atoms with van der Waals surface area (Å²) in [5, 5.41) is 10.3. The lowest BCUT2D eigenvalue weighted by atomic mass is 10.1. The molecule has 0 spiro atoms. The van der Waals surface area contributed by atoms with Crippen LogP contribution < -0.4 is 5.73 Å². The number of amidine groups is 2. The van der Waals surface area contributed by atoms with E-state index in [2.05, 4.69) is 15.0 Å². The third-order valence-electron chi connectivity index (χ3n) is 3.87. The molecule has 4 aliphatic rings. The van der Waals surface area contributed by atoms with Crippen LogP contribution in [0.5, 0.6) is 0 Å². The van der Waals surface area contributed by atoms with Gasteiger partial charge >= 0.3 is 14.3 Å². The molecule has 2 fully saturated rings. The maximum atomic E-state index is 13.4. The van der Waals surface area contributed by atoms with Crippen LogP contribution >= 0.6 is 8.25 Å². The number of aliphatic imine (C=N–C) groups is 3. The SMILES string of the molecule is NC1=NC(F)=NC2C1N=CN2[C@@H]1OC2CO[P+](=O)O[C@H]2[C@@H]1O. The van der Waals surface area contributed by atoms with Crippen molar-refractivity contribution in [1.29, 1.82) is 0 Å². The van der Waals surface area contributed by atoms with E-state index < -0.39 is 51.1 Å². The molecule has 4 heterocycles. The van der Waals surface area contributed by atoms with Gasteiger partial charge in [-0.3, -0.25) is 4.99 Å². The van der Waals surface area contributed by atoms with E-state index in [1.807, 2.05) is 0 Å². The molecule has 0 aliphatic carbocycles. The highest BCUT2D eigenvalue weighted by atomic mass is 31.1. The first-order chi connectivity index (χ1) is 10.5. The third kappa shape index (κ3) is 2.05. The lowest BCUT2D eigenvalue weighted by Gasteiger charge is -2.31. The number of aliphatic hydroxyl groups is 1. The normalized spacial score (nSPS) is 45.4. The number of ether oxygens (including phenoxy) is 1. The second-order valence-electron chi connectivity index (χ2n) is 5.15. The molecule has 2 saturated heterocycles. The number of nitrogens with zero attached hydrogens (tertiary/aromatic N) is 4. The molecule has 7 atom stereocenters. The van der Waals surface area contributed by atoms with Crippen molar-refractivity contribution in [1.82, 2.24) is 4.90 Å². The number of rotatable bonds is 1. The Morgan fingerprint density at radius 3 is 3.18 bits per heavy atom. The minimum atomic E-state index is -2.28. The summed E-state index contributed by atoms with van der Waals surface area (Å²) in [5.74, 6) is 0.00353. The van der Waals surface area contributed by atoms with Crippen LogP contribution in [0.25, 0.3) is 0 Å². The predicted octanol–water partition coefficient (Wildman–Crippen LogP) is -1.12. The van der Waals surface area contributed by atoms with Crippen molar-refractivity contribution >= 4 is 26.5 Å². The van der Waals surface area contributed by atoms with Gasteiger partial charge in [-0.25, -0.2) is 4.99 Å². The summed E-state index contributed by atoms with van der Waals surface area (Å²) in [6, 6.07) is -0.633. The standard InChI is InChI=1S/C10H12FN5O5P/c11-10-14-7(12)4-8(15-10)16(2-13-4)9-5(17)6-3(20-9)1-19-22(18)21-6/h2-6,8-9,17H,1H2,(H2,12,14,15)/q+1/t3?,4?,5-,6+,8?,9+/m0/s1. The molecule has 0 aromatic carbocycles.